The third-order valence-corrected chi connectivity index (χ3v) is 4.55. The molecule has 2 rings (SSSR count). The molecule has 1 atom stereocenters. The molecule has 1 nitrogen and oxygen atoms in total. The van der Waals surface area contributed by atoms with Crippen LogP contribution in [0.3, 0.4) is 0 Å². The highest BCUT2D eigenvalue weighted by Crippen LogP contribution is 2.30. The zero-order valence-electron chi connectivity index (χ0n) is 11.8. The summed E-state index contributed by atoms with van der Waals surface area (Å²) in [5.74, 6) is 0. The Morgan fingerprint density at radius 2 is 1.74 bits per heavy atom. The maximum absolute atomic E-state index is 3.34. The second kappa shape index (κ2) is 6.78. The van der Waals surface area contributed by atoms with E-state index in [1.165, 1.54) is 20.9 Å². The van der Waals surface area contributed by atoms with Gasteiger partial charge in [0.15, 0.2) is 0 Å². The topological polar surface area (TPSA) is 12.0 Å². The van der Waals surface area contributed by atoms with Crippen LogP contribution in [0.4, 0.5) is 0 Å². The molecule has 2 aromatic carbocycles. The van der Waals surface area contributed by atoms with Gasteiger partial charge in [0.25, 0.3) is 0 Å². The molecule has 1 N–H and O–H groups in total. The predicted octanol–water partition coefficient (Wildman–Crippen LogP) is 4.82. The first-order chi connectivity index (χ1) is 9.24. The van der Waals surface area contributed by atoms with Crippen LogP contribution in [0.1, 0.15) is 30.5 Å². The Hall–Kier alpha value is -1.25. The smallest absolute Gasteiger partial charge is 0.0314 e. The van der Waals surface area contributed by atoms with Gasteiger partial charge in [-0.2, -0.15) is 0 Å². The van der Waals surface area contributed by atoms with E-state index in [1.54, 1.807) is 0 Å². The summed E-state index contributed by atoms with van der Waals surface area (Å²) in [6.45, 7) is 4.36. The van der Waals surface area contributed by atoms with Gasteiger partial charge in [0.1, 0.15) is 0 Å². The first kappa shape index (κ1) is 14.2. The van der Waals surface area contributed by atoms with Crippen molar-refractivity contribution in [3.63, 3.8) is 0 Å². The molecule has 19 heavy (non-hydrogen) atoms. The zero-order chi connectivity index (χ0) is 13.7. The molecule has 100 valence electrons. The highest BCUT2D eigenvalue weighted by molar-refractivity contribution is 7.99. The summed E-state index contributed by atoms with van der Waals surface area (Å²) in [4.78, 5) is 2.62. The normalized spacial score (nSPS) is 12.4. The van der Waals surface area contributed by atoms with Crippen molar-refractivity contribution in [3.8, 4) is 0 Å². The van der Waals surface area contributed by atoms with Crippen LogP contribution in [0.5, 0.6) is 0 Å². The minimum absolute atomic E-state index is 0.456. The lowest BCUT2D eigenvalue weighted by Crippen LogP contribution is -2.14. The number of aryl methyl sites for hydroxylation is 1. The largest absolute Gasteiger partial charge is 0.313 e. The van der Waals surface area contributed by atoms with Crippen LogP contribution in [0.15, 0.2) is 58.3 Å². The van der Waals surface area contributed by atoms with Crippen molar-refractivity contribution in [1.82, 2.24) is 5.32 Å². The van der Waals surface area contributed by atoms with Gasteiger partial charge in [-0.1, -0.05) is 49.0 Å². The standard InChI is InChI=1S/C17H21NS/c1-4-16(18-3)14-9-11-15(12-10-14)19-17-8-6-5-7-13(17)2/h5-12,16,18H,4H2,1-3H3. The van der Waals surface area contributed by atoms with Crippen LogP contribution < -0.4 is 5.32 Å². The van der Waals surface area contributed by atoms with E-state index in [-0.39, 0.29) is 0 Å². The summed E-state index contributed by atoms with van der Waals surface area (Å²) in [5.41, 5.74) is 2.69. The number of hydrogen-bond acceptors (Lipinski definition) is 2. The molecule has 0 radical (unpaired) electrons. The van der Waals surface area contributed by atoms with Gasteiger partial charge >= 0.3 is 0 Å². The van der Waals surface area contributed by atoms with E-state index in [9.17, 15) is 0 Å². The van der Waals surface area contributed by atoms with Crippen LogP contribution in [-0.2, 0) is 0 Å². The summed E-state index contributed by atoms with van der Waals surface area (Å²) in [5, 5.41) is 3.34. The monoisotopic (exact) mass is 271 g/mol. The van der Waals surface area contributed by atoms with Crippen molar-refractivity contribution in [3.05, 3.63) is 59.7 Å². The summed E-state index contributed by atoms with van der Waals surface area (Å²) in [6.07, 6.45) is 1.11. The first-order valence-electron chi connectivity index (χ1n) is 6.75. The van der Waals surface area contributed by atoms with Gasteiger partial charge in [-0.05, 0) is 49.7 Å². The lowest BCUT2D eigenvalue weighted by atomic mass is 10.1. The van der Waals surface area contributed by atoms with E-state index in [1.807, 2.05) is 18.8 Å². The Labute approximate surface area is 120 Å². The van der Waals surface area contributed by atoms with Crippen LogP contribution in [0, 0.1) is 6.92 Å². The lowest BCUT2D eigenvalue weighted by Gasteiger charge is -2.14. The number of hydrogen-bond donors (Lipinski definition) is 1. The first-order valence-corrected chi connectivity index (χ1v) is 7.57. The molecule has 0 aromatic heterocycles. The molecule has 1 unspecified atom stereocenters. The van der Waals surface area contributed by atoms with Gasteiger partial charge in [0.05, 0.1) is 0 Å². The third-order valence-electron chi connectivity index (χ3n) is 3.36. The summed E-state index contributed by atoms with van der Waals surface area (Å²) >= 11 is 1.83. The van der Waals surface area contributed by atoms with Crippen molar-refractivity contribution in [2.75, 3.05) is 7.05 Å². The molecule has 0 fully saturated rings. The number of benzene rings is 2. The molecular formula is C17H21NS. The van der Waals surface area contributed by atoms with Gasteiger partial charge in [-0.15, -0.1) is 0 Å². The Kier molecular flexibility index (Phi) is 5.06. The van der Waals surface area contributed by atoms with Crippen molar-refractivity contribution in [2.45, 2.75) is 36.1 Å². The van der Waals surface area contributed by atoms with E-state index in [4.69, 9.17) is 0 Å². The molecule has 0 aliphatic heterocycles. The molecule has 0 bridgehead atoms. The maximum Gasteiger partial charge on any atom is 0.0314 e. The molecule has 0 saturated heterocycles. The van der Waals surface area contributed by atoms with Gasteiger partial charge < -0.3 is 5.32 Å². The average Bonchev–Trinajstić information content (AvgIpc) is 2.44. The van der Waals surface area contributed by atoms with Crippen LogP contribution in [0.25, 0.3) is 0 Å². The molecule has 0 heterocycles. The minimum atomic E-state index is 0.456. The van der Waals surface area contributed by atoms with Crippen molar-refractivity contribution < 1.29 is 0 Å². The zero-order valence-corrected chi connectivity index (χ0v) is 12.6. The van der Waals surface area contributed by atoms with E-state index in [0.29, 0.717) is 6.04 Å². The van der Waals surface area contributed by atoms with Gasteiger partial charge in [-0.25, -0.2) is 0 Å². The fourth-order valence-corrected chi connectivity index (χ4v) is 3.07. The molecule has 0 saturated carbocycles. The Bertz CT molecular complexity index is 515. The third kappa shape index (κ3) is 3.62. The average molecular weight is 271 g/mol. The van der Waals surface area contributed by atoms with Crippen LogP contribution in [0.2, 0.25) is 0 Å². The van der Waals surface area contributed by atoms with E-state index in [2.05, 4.69) is 67.7 Å². The van der Waals surface area contributed by atoms with Gasteiger partial charge in [-0.3, -0.25) is 0 Å². The Morgan fingerprint density at radius 1 is 1.05 bits per heavy atom. The molecule has 2 heteroatoms. The molecule has 0 spiro atoms. The highest BCUT2D eigenvalue weighted by Gasteiger charge is 2.06. The van der Waals surface area contributed by atoms with E-state index >= 15 is 0 Å². The number of nitrogens with one attached hydrogen (secondary N) is 1. The highest BCUT2D eigenvalue weighted by atomic mass is 32.2. The maximum atomic E-state index is 3.34. The fraction of sp³-hybridized carbons (Fsp3) is 0.294. The molecule has 2 aromatic rings. The minimum Gasteiger partial charge on any atom is -0.313 e. The SMILES string of the molecule is CCC(NC)c1ccc(Sc2ccccc2C)cc1. The molecule has 0 aliphatic rings. The predicted molar refractivity (Wildman–Crippen MR) is 83.8 cm³/mol. The summed E-state index contributed by atoms with van der Waals surface area (Å²) in [7, 11) is 2.02. The lowest BCUT2D eigenvalue weighted by molar-refractivity contribution is 0.576. The Morgan fingerprint density at radius 3 is 2.32 bits per heavy atom. The van der Waals surface area contributed by atoms with Crippen molar-refractivity contribution >= 4 is 11.8 Å². The fourth-order valence-electron chi connectivity index (χ4n) is 2.17. The van der Waals surface area contributed by atoms with Crippen LogP contribution in [-0.4, -0.2) is 7.05 Å². The molecule has 0 aliphatic carbocycles. The summed E-state index contributed by atoms with van der Waals surface area (Å²) in [6, 6.07) is 17.9. The second-order valence-electron chi connectivity index (χ2n) is 4.69. The quantitative estimate of drug-likeness (QED) is 0.837. The van der Waals surface area contributed by atoms with E-state index in [0.717, 1.165) is 6.42 Å². The van der Waals surface area contributed by atoms with Gasteiger partial charge in [0, 0.05) is 15.8 Å². The Balaban J connectivity index is 2.13. The van der Waals surface area contributed by atoms with E-state index < -0.39 is 0 Å². The molecular weight excluding hydrogens is 250 g/mol. The van der Waals surface area contributed by atoms with Crippen LogP contribution >= 0.6 is 11.8 Å². The van der Waals surface area contributed by atoms with Crippen molar-refractivity contribution in [1.29, 1.82) is 0 Å². The van der Waals surface area contributed by atoms with Gasteiger partial charge in [0.2, 0.25) is 0 Å². The molecule has 0 amide bonds. The second-order valence-corrected chi connectivity index (χ2v) is 5.80. The number of rotatable bonds is 5. The summed E-state index contributed by atoms with van der Waals surface area (Å²) < 4.78 is 0. The van der Waals surface area contributed by atoms with Crippen molar-refractivity contribution in [2.24, 2.45) is 0 Å².